The average molecular weight is 456 g/mol. The molecule has 3 aliphatic rings. The third kappa shape index (κ3) is 4.48. The fourth-order valence-electron chi connectivity index (χ4n) is 5.13. The summed E-state index contributed by atoms with van der Waals surface area (Å²) in [6.45, 7) is 4.29. The zero-order chi connectivity index (χ0) is 22.0. The molecule has 8 heteroatoms. The Labute approximate surface area is 191 Å². The molecule has 0 bridgehead atoms. The first-order valence-corrected chi connectivity index (χ1v) is 13.5. The highest BCUT2D eigenvalue weighted by atomic mass is 32.2. The molecule has 2 aliphatic heterocycles. The van der Waals surface area contributed by atoms with Crippen LogP contribution in [-0.2, 0) is 22.9 Å². The van der Waals surface area contributed by atoms with E-state index in [1.165, 1.54) is 43.2 Å². The van der Waals surface area contributed by atoms with Gasteiger partial charge >= 0.3 is 0 Å². The molecule has 0 N–H and O–H groups in total. The van der Waals surface area contributed by atoms with Crippen LogP contribution in [0.25, 0.3) is 0 Å². The van der Waals surface area contributed by atoms with Gasteiger partial charge < -0.3 is 9.80 Å². The predicted molar refractivity (Wildman–Crippen MR) is 127 cm³/mol. The Morgan fingerprint density at radius 2 is 1.22 bits per heavy atom. The summed E-state index contributed by atoms with van der Waals surface area (Å²) in [5.74, 6) is 1.78. The summed E-state index contributed by atoms with van der Waals surface area (Å²) in [7, 11) is -3.46. The van der Waals surface area contributed by atoms with Gasteiger partial charge in [-0.3, -0.25) is 0 Å². The van der Waals surface area contributed by atoms with E-state index in [0.29, 0.717) is 31.1 Å². The number of hydrogen-bond donors (Lipinski definition) is 0. The third-order valence-corrected chi connectivity index (χ3v) is 8.98. The molecule has 0 radical (unpaired) electrons. The van der Waals surface area contributed by atoms with Crippen LogP contribution in [0.15, 0.2) is 35.2 Å². The van der Waals surface area contributed by atoms with Crippen LogP contribution >= 0.6 is 0 Å². The van der Waals surface area contributed by atoms with Gasteiger partial charge in [0, 0.05) is 39.3 Å². The number of anilines is 2. The van der Waals surface area contributed by atoms with E-state index in [9.17, 15) is 8.42 Å². The predicted octanol–water partition coefficient (Wildman–Crippen LogP) is 3.25. The Hall–Kier alpha value is -2.19. The number of aryl methyl sites for hydroxylation is 2. The Morgan fingerprint density at radius 3 is 1.84 bits per heavy atom. The van der Waals surface area contributed by atoms with Crippen LogP contribution < -0.4 is 9.80 Å². The molecule has 32 heavy (non-hydrogen) atoms. The fourth-order valence-corrected chi connectivity index (χ4v) is 6.61. The van der Waals surface area contributed by atoms with Gasteiger partial charge in [0.1, 0.15) is 0 Å². The molecule has 0 amide bonds. The van der Waals surface area contributed by atoms with Crippen molar-refractivity contribution < 1.29 is 8.42 Å². The quantitative estimate of drug-likeness (QED) is 0.705. The van der Waals surface area contributed by atoms with Crippen LogP contribution in [0.1, 0.15) is 49.7 Å². The molecule has 1 aliphatic carbocycles. The number of benzene rings is 1. The highest BCUT2D eigenvalue weighted by Gasteiger charge is 2.30. The lowest BCUT2D eigenvalue weighted by molar-refractivity contribution is 0.383. The first kappa shape index (κ1) is 21.6. The largest absolute Gasteiger partial charge is 0.355 e. The summed E-state index contributed by atoms with van der Waals surface area (Å²) < 4.78 is 28.1. The molecule has 0 atom stereocenters. The van der Waals surface area contributed by atoms with E-state index in [4.69, 9.17) is 0 Å². The summed E-state index contributed by atoms with van der Waals surface area (Å²) >= 11 is 0. The summed E-state index contributed by atoms with van der Waals surface area (Å²) in [4.78, 5) is 4.90. The van der Waals surface area contributed by atoms with E-state index in [1.54, 1.807) is 10.4 Å². The maximum absolute atomic E-state index is 13.2. The number of rotatable bonds is 4. The van der Waals surface area contributed by atoms with Crippen molar-refractivity contribution in [2.24, 2.45) is 0 Å². The van der Waals surface area contributed by atoms with E-state index in [1.807, 2.05) is 18.2 Å². The second kappa shape index (κ2) is 9.35. The van der Waals surface area contributed by atoms with Crippen molar-refractivity contribution in [3.05, 3.63) is 41.5 Å². The minimum absolute atomic E-state index is 0.438. The van der Waals surface area contributed by atoms with Crippen molar-refractivity contribution in [1.29, 1.82) is 0 Å². The highest BCUT2D eigenvalue weighted by Crippen LogP contribution is 2.27. The topological polar surface area (TPSA) is 69.6 Å². The van der Waals surface area contributed by atoms with Crippen molar-refractivity contribution in [3.63, 3.8) is 0 Å². The Balaban J connectivity index is 1.23. The first-order chi connectivity index (χ1) is 15.6. The van der Waals surface area contributed by atoms with Crippen LogP contribution in [0, 0.1) is 0 Å². The van der Waals surface area contributed by atoms with Crippen molar-refractivity contribution in [1.82, 2.24) is 14.5 Å². The average Bonchev–Trinajstić information content (AvgIpc) is 3.14. The Morgan fingerprint density at radius 1 is 0.625 bits per heavy atom. The number of fused-ring (bicyclic) bond motifs is 1. The van der Waals surface area contributed by atoms with Gasteiger partial charge in [-0.05, 0) is 73.9 Å². The van der Waals surface area contributed by atoms with Gasteiger partial charge in [0.05, 0.1) is 4.90 Å². The van der Waals surface area contributed by atoms with Gasteiger partial charge in [-0.15, -0.1) is 10.2 Å². The van der Waals surface area contributed by atoms with Gasteiger partial charge in [-0.25, -0.2) is 8.42 Å². The molecule has 7 nitrogen and oxygen atoms in total. The van der Waals surface area contributed by atoms with Crippen LogP contribution in [0.2, 0.25) is 0 Å². The Bertz CT molecular complexity index is 1020. The molecule has 1 aromatic heterocycles. The molecule has 0 saturated carbocycles. The van der Waals surface area contributed by atoms with Crippen molar-refractivity contribution in [3.8, 4) is 0 Å². The molecule has 0 unspecified atom stereocenters. The minimum atomic E-state index is -3.46. The number of aromatic nitrogens is 2. The van der Waals surface area contributed by atoms with E-state index in [0.717, 1.165) is 44.0 Å². The normalized spacial score (nSPS) is 20.6. The molecule has 0 spiro atoms. The lowest BCUT2D eigenvalue weighted by Crippen LogP contribution is -2.49. The van der Waals surface area contributed by atoms with E-state index < -0.39 is 10.0 Å². The lowest BCUT2D eigenvalue weighted by Gasteiger charge is -2.34. The van der Waals surface area contributed by atoms with E-state index in [2.05, 4.69) is 26.1 Å². The van der Waals surface area contributed by atoms with Crippen molar-refractivity contribution in [2.75, 3.05) is 49.1 Å². The summed E-state index contributed by atoms with van der Waals surface area (Å²) in [6.07, 6.45) is 9.40. The highest BCUT2D eigenvalue weighted by molar-refractivity contribution is 7.89. The van der Waals surface area contributed by atoms with Gasteiger partial charge in [0.2, 0.25) is 10.0 Å². The SMILES string of the molecule is O=S(=O)(c1ccc2c(c1)CCCC2)N1CCN(c2ccc(N3CCCCCC3)nn2)CC1. The number of hydrogen-bond acceptors (Lipinski definition) is 6. The standard InChI is InChI=1S/C24H33N5O2S/c30-32(31,22-10-9-20-7-3-4-8-21(20)19-22)29-17-15-28(16-18-29)24-12-11-23(25-26-24)27-13-5-1-2-6-14-27/h9-12,19H,1-8,13-18H2. The van der Waals surface area contributed by atoms with Gasteiger partial charge in [0.25, 0.3) is 0 Å². The van der Waals surface area contributed by atoms with E-state index in [-0.39, 0.29) is 0 Å². The molecule has 3 heterocycles. The second-order valence-corrected chi connectivity index (χ2v) is 11.1. The zero-order valence-corrected chi connectivity index (χ0v) is 19.6. The molecule has 172 valence electrons. The van der Waals surface area contributed by atoms with Crippen molar-refractivity contribution in [2.45, 2.75) is 56.3 Å². The number of nitrogens with zero attached hydrogens (tertiary/aromatic N) is 5. The van der Waals surface area contributed by atoms with Crippen molar-refractivity contribution >= 4 is 21.7 Å². The van der Waals surface area contributed by atoms with Crippen LogP contribution in [0.4, 0.5) is 11.6 Å². The summed E-state index contributed by atoms with van der Waals surface area (Å²) in [6, 6.07) is 9.80. The molecule has 2 saturated heterocycles. The molecular formula is C24H33N5O2S. The van der Waals surface area contributed by atoms with Crippen LogP contribution in [0.5, 0.6) is 0 Å². The maximum atomic E-state index is 13.2. The molecular weight excluding hydrogens is 422 g/mol. The van der Waals surface area contributed by atoms with Gasteiger partial charge in [0.15, 0.2) is 11.6 Å². The van der Waals surface area contributed by atoms with Gasteiger partial charge in [-0.1, -0.05) is 18.9 Å². The van der Waals surface area contributed by atoms with Crippen LogP contribution in [0.3, 0.4) is 0 Å². The molecule has 5 rings (SSSR count). The zero-order valence-electron chi connectivity index (χ0n) is 18.7. The van der Waals surface area contributed by atoms with Crippen LogP contribution in [-0.4, -0.2) is 62.2 Å². The van der Waals surface area contributed by atoms with E-state index >= 15 is 0 Å². The smallest absolute Gasteiger partial charge is 0.243 e. The maximum Gasteiger partial charge on any atom is 0.243 e. The monoisotopic (exact) mass is 455 g/mol. The third-order valence-electron chi connectivity index (χ3n) is 7.09. The fraction of sp³-hybridized carbons (Fsp3) is 0.583. The van der Waals surface area contributed by atoms with Gasteiger partial charge in [-0.2, -0.15) is 4.31 Å². The number of sulfonamides is 1. The molecule has 2 fully saturated rings. The lowest BCUT2D eigenvalue weighted by atomic mass is 9.92. The summed E-state index contributed by atoms with van der Waals surface area (Å²) in [5, 5.41) is 8.95. The number of piperazine rings is 1. The molecule has 2 aromatic rings. The first-order valence-electron chi connectivity index (χ1n) is 12.1. The minimum Gasteiger partial charge on any atom is -0.355 e. The summed E-state index contributed by atoms with van der Waals surface area (Å²) in [5.41, 5.74) is 2.51. The molecule has 1 aromatic carbocycles. The Kier molecular flexibility index (Phi) is 6.33. The second-order valence-electron chi connectivity index (χ2n) is 9.18.